The van der Waals surface area contributed by atoms with Gasteiger partial charge in [0.05, 0.1) is 4.91 Å². The smallest absolute Gasteiger partial charge is 0.331 e. The number of nitrogens with zero attached hydrogens (tertiary/aromatic N) is 1. The van der Waals surface area contributed by atoms with Crippen molar-refractivity contribution in [2.24, 2.45) is 0 Å². The molecule has 0 aromatic heterocycles. The molecule has 1 saturated heterocycles. The Labute approximate surface area is 205 Å². The van der Waals surface area contributed by atoms with Gasteiger partial charge in [-0.05, 0) is 35.4 Å². The minimum Gasteiger partial charge on any atom is -0.489 e. The first kappa shape index (κ1) is 23.0. The van der Waals surface area contributed by atoms with Crippen molar-refractivity contribution in [1.29, 1.82) is 0 Å². The van der Waals surface area contributed by atoms with Crippen LogP contribution in [0.4, 0.5) is 0 Å². The summed E-state index contributed by atoms with van der Waals surface area (Å²) in [6.45, 7) is 0.341. The van der Waals surface area contributed by atoms with E-state index in [1.807, 2.05) is 36.4 Å². The number of thiocarbonyl (C=S) groups is 1. The molecule has 1 heterocycles. The van der Waals surface area contributed by atoms with E-state index in [0.717, 1.165) is 27.8 Å². The highest BCUT2D eigenvalue weighted by atomic mass is 35.5. The largest absolute Gasteiger partial charge is 0.489 e. The Morgan fingerprint density at radius 2 is 1.73 bits per heavy atom. The summed E-state index contributed by atoms with van der Waals surface area (Å²) in [5.74, 6) is -0.909. The van der Waals surface area contributed by atoms with Crippen LogP contribution in [-0.4, -0.2) is 26.2 Å². The number of aliphatic carboxylic acids is 1. The molecule has 33 heavy (non-hydrogen) atoms. The number of hydrogen-bond acceptors (Lipinski definition) is 5. The van der Waals surface area contributed by atoms with Crippen molar-refractivity contribution in [3.63, 3.8) is 0 Å². The number of carboxylic acids is 1. The Balaban J connectivity index is 1.49. The van der Waals surface area contributed by atoms with Gasteiger partial charge in [-0.15, -0.1) is 0 Å². The average Bonchev–Trinajstić information content (AvgIpc) is 3.08. The first-order valence-corrected chi connectivity index (χ1v) is 11.6. The van der Waals surface area contributed by atoms with E-state index in [9.17, 15) is 14.7 Å². The first-order chi connectivity index (χ1) is 15.9. The molecule has 166 valence electrons. The molecule has 1 aliphatic rings. The van der Waals surface area contributed by atoms with Crippen LogP contribution in [0.2, 0.25) is 5.02 Å². The van der Waals surface area contributed by atoms with Crippen LogP contribution < -0.4 is 4.74 Å². The van der Waals surface area contributed by atoms with Crippen LogP contribution in [0.25, 0.3) is 6.08 Å². The maximum atomic E-state index is 13.0. The zero-order valence-electron chi connectivity index (χ0n) is 17.2. The van der Waals surface area contributed by atoms with Gasteiger partial charge in [-0.3, -0.25) is 9.69 Å². The van der Waals surface area contributed by atoms with Crippen molar-refractivity contribution >= 4 is 57.9 Å². The van der Waals surface area contributed by atoms with E-state index in [2.05, 4.69) is 0 Å². The minimum absolute atomic E-state index is 0.210. The van der Waals surface area contributed by atoms with Crippen molar-refractivity contribution in [3.05, 3.63) is 105 Å². The van der Waals surface area contributed by atoms with Crippen molar-refractivity contribution in [1.82, 2.24) is 4.90 Å². The molecule has 3 aromatic rings. The molecule has 1 fully saturated rings. The van der Waals surface area contributed by atoms with Crippen molar-refractivity contribution in [3.8, 4) is 5.75 Å². The molecular weight excluding hydrogens is 478 g/mol. The zero-order chi connectivity index (χ0) is 23.4. The number of carboxylic acid groups (broad SMARTS) is 1. The van der Waals surface area contributed by atoms with E-state index in [1.54, 1.807) is 48.5 Å². The molecule has 0 spiro atoms. The Morgan fingerprint density at radius 1 is 1.06 bits per heavy atom. The van der Waals surface area contributed by atoms with E-state index in [1.165, 1.54) is 0 Å². The van der Waals surface area contributed by atoms with Gasteiger partial charge >= 0.3 is 5.97 Å². The number of thioether (sulfide) groups is 1. The lowest BCUT2D eigenvalue weighted by Crippen LogP contribution is -2.37. The van der Waals surface area contributed by atoms with E-state index in [4.69, 9.17) is 28.6 Å². The molecule has 8 heteroatoms. The molecule has 0 bridgehead atoms. The van der Waals surface area contributed by atoms with Gasteiger partial charge in [0.25, 0.3) is 5.91 Å². The Bertz CT molecular complexity index is 1230. The van der Waals surface area contributed by atoms with Crippen molar-refractivity contribution in [2.75, 3.05) is 0 Å². The lowest BCUT2D eigenvalue weighted by molar-refractivity contribution is -0.145. The predicted octanol–water partition coefficient (Wildman–Crippen LogP) is 5.95. The molecule has 1 N–H and O–H groups in total. The van der Waals surface area contributed by atoms with Gasteiger partial charge in [0, 0.05) is 10.6 Å². The van der Waals surface area contributed by atoms with Gasteiger partial charge in [0.1, 0.15) is 16.7 Å². The molecule has 5 nitrogen and oxygen atoms in total. The predicted molar refractivity (Wildman–Crippen MR) is 134 cm³/mol. The molecule has 1 aliphatic heterocycles. The maximum Gasteiger partial charge on any atom is 0.331 e. The second-order valence-electron chi connectivity index (χ2n) is 7.15. The number of carbonyl (C=O) groups excluding carboxylic acids is 1. The summed E-state index contributed by atoms with van der Waals surface area (Å²) in [6, 6.07) is 22.1. The lowest BCUT2D eigenvalue weighted by Gasteiger charge is -2.23. The quantitative estimate of drug-likeness (QED) is 0.323. The van der Waals surface area contributed by atoms with Crippen LogP contribution in [0.15, 0.2) is 83.8 Å². The zero-order valence-corrected chi connectivity index (χ0v) is 19.6. The summed E-state index contributed by atoms with van der Waals surface area (Å²) in [7, 11) is 0. The van der Waals surface area contributed by atoms with Gasteiger partial charge < -0.3 is 9.84 Å². The first-order valence-electron chi connectivity index (χ1n) is 9.95. The standard InChI is InChI=1S/C25H18ClNO4S2/c26-20-9-5-4-8-18(20)15-31-19-12-10-16(11-13-19)14-21-23(28)27(25(32)33-21)22(24(29)30)17-6-2-1-3-7-17/h1-14,22H,15H2,(H,29,30)/b21-14-/t22-/m1/s1. The topological polar surface area (TPSA) is 66.8 Å². The molecule has 0 unspecified atom stereocenters. The third-order valence-electron chi connectivity index (χ3n) is 4.96. The van der Waals surface area contributed by atoms with Crippen molar-refractivity contribution in [2.45, 2.75) is 12.6 Å². The monoisotopic (exact) mass is 495 g/mol. The normalized spacial score (nSPS) is 15.7. The van der Waals surface area contributed by atoms with Crippen LogP contribution >= 0.6 is 35.6 Å². The molecule has 1 amide bonds. The fraction of sp³-hybridized carbons (Fsp3) is 0.0800. The highest BCUT2D eigenvalue weighted by Gasteiger charge is 2.41. The third-order valence-corrected chi connectivity index (χ3v) is 6.66. The van der Waals surface area contributed by atoms with Crippen LogP contribution in [0.3, 0.4) is 0 Å². The fourth-order valence-corrected chi connectivity index (χ4v) is 4.83. The number of halogens is 1. The van der Waals surface area contributed by atoms with E-state index in [-0.39, 0.29) is 4.32 Å². The molecule has 3 aromatic carbocycles. The van der Waals surface area contributed by atoms with E-state index >= 15 is 0 Å². The Hall–Kier alpha value is -3.13. The number of benzene rings is 3. The minimum atomic E-state index is -1.18. The molecule has 0 aliphatic carbocycles. The number of carbonyl (C=O) groups is 2. The van der Waals surface area contributed by atoms with Gasteiger partial charge in [0.15, 0.2) is 6.04 Å². The molecule has 0 saturated carbocycles. The van der Waals surface area contributed by atoms with Crippen LogP contribution in [0, 0.1) is 0 Å². The highest BCUT2D eigenvalue weighted by Crippen LogP contribution is 2.38. The van der Waals surface area contributed by atoms with Gasteiger partial charge in [-0.2, -0.15) is 0 Å². The fourth-order valence-electron chi connectivity index (χ4n) is 3.33. The number of rotatable bonds is 7. The van der Waals surface area contributed by atoms with Crippen LogP contribution in [0.5, 0.6) is 5.75 Å². The van der Waals surface area contributed by atoms with Crippen LogP contribution in [0.1, 0.15) is 22.7 Å². The van der Waals surface area contributed by atoms with Gasteiger partial charge in [0.2, 0.25) is 0 Å². The van der Waals surface area contributed by atoms with Gasteiger partial charge in [-0.1, -0.05) is 96.2 Å². The average molecular weight is 496 g/mol. The maximum absolute atomic E-state index is 13.0. The number of ether oxygens (including phenoxy) is 1. The Morgan fingerprint density at radius 3 is 2.39 bits per heavy atom. The SMILES string of the molecule is O=C(O)[C@@H](c1ccccc1)N1C(=O)/C(=C/c2ccc(OCc3ccccc3Cl)cc2)SC1=S. The number of hydrogen-bond donors (Lipinski definition) is 1. The summed E-state index contributed by atoms with van der Waals surface area (Å²) >= 11 is 12.6. The second-order valence-corrected chi connectivity index (χ2v) is 9.24. The molecule has 4 rings (SSSR count). The molecular formula is C25H18ClNO4S2. The highest BCUT2D eigenvalue weighted by molar-refractivity contribution is 8.26. The summed E-state index contributed by atoms with van der Waals surface area (Å²) < 4.78 is 6.00. The van der Waals surface area contributed by atoms with Crippen molar-refractivity contribution < 1.29 is 19.4 Å². The third kappa shape index (κ3) is 5.27. The summed E-state index contributed by atoms with van der Waals surface area (Å²) in [5, 5.41) is 10.4. The second kappa shape index (κ2) is 10.2. The van der Waals surface area contributed by atoms with Crippen LogP contribution in [-0.2, 0) is 16.2 Å². The molecule has 0 radical (unpaired) electrons. The van der Waals surface area contributed by atoms with Gasteiger partial charge in [-0.25, -0.2) is 4.79 Å². The number of amides is 1. The lowest BCUT2D eigenvalue weighted by atomic mass is 10.1. The summed E-state index contributed by atoms with van der Waals surface area (Å²) in [6.07, 6.45) is 1.70. The molecule has 1 atom stereocenters. The summed E-state index contributed by atoms with van der Waals surface area (Å²) in [5.41, 5.74) is 2.15. The van der Waals surface area contributed by atoms with E-state index < -0.39 is 17.9 Å². The van der Waals surface area contributed by atoms with E-state index in [0.29, 0.717) is 27.8 Å². The summed E-state index contributed by atoms with van der Waals surface area (Å²) in [4.78, 5) is 26.5. The Kier molecular flexibility index (Phi) is 7.13.